The molecule has 1 saturated carbocycles. The number of aromatic amines is 1. The highest BCUT2D eigenvalue weighted by atomic mass is 16.5. The fourth-order valence-electron chi connectivity index (χ4n) is 2.77. The van der Waals surface area contributed by atoms with Gasteiger partial charge in [-0.25, -0.2) is 0 Å². The van der Waals surface area contributed by atoms with E-state index in [0.717, 1.165) is 24.0 Å². The van der Waals surface area contributed by atoms with Crippen molar-refractivity contribution < 1.29 is 14.3 Å². The second-order valence-corrected chi connectivity index (χ2v) is 6.66. The van der Waals surface area contributed by atoms with Crippen molar-refractivity contribution in [2.75, 3.05) is 19.5 Å². The van der Waals surface area contributed by atoms with E-state index in [2.05, 4.69) is 25.8 Å². The number of aliphatic imine (C=N–C) groups is 1. The van der Waals surface area contributed by atoms with E-state index >= 15 is 0 Å². The molecule has 10 heteroatoms. The number of hydrogen-bond donors (Lipinski definition) is 5. The van der Waals surface area contributed by atoms with Gasteiger partial charge in [0.15, 0.2) is 0 Å². The summed E-state index contributed by atoms with van der Waals surface area (Å²) < 4.78 is 5.56. The Labute approximate surface area is 173 Å². The number of para-hydroxylation sites is 1. The molecule has 156 valence electrons. The number of anilines is 1. The van der Waals surface area contributed by atoms with E-state index in [-0.39, 0.29) is 29.1 Å². The molecule has 6 N–H and O–H groups in total. The molecule has 2 aromatic rings. The number of nitrogens with two attached hydrogens (primary N) is 1. The molecule has 0 saturated heterocycles. The Morgan fingerprint density at radius 3 is 2.77 bits per heavy atom. The molecule has 0 bridgehead atoms. The second kappa shape index (κ2) is 9.03. The first-order valence-electron chi connectivity index (χ1n) is 9.28. The van der Waals surface area contributed by atoms with Crippen LogP contribution in [0.25, 0.3) is 11.1 Å². The molecule has 0 atom stereocenters. The number of ether oxygens (including phenoxy) is 1. The summed E-state index contributed by atoms with van der Waals surface area (Å²) in [6, 6.07) is 5.38. The number of hydrogen-bond acceptors (Lipinski definition) is 6. The molecule has 1 aromatic heterocycles. The van der Waals surface area contributed by atoms with Gasteiger partial charge in [-0.2, -0.15) is 10.1 Å². The van der Waals surface area contributed by atoms with Crippen molar-refractivity contribution >= 4 is 29.0 Å². The van der Waals surface area contributed by atoms with Crippen molar-refractivity contribution in [3.05, 3.63) is 42.4 Å². The number of aromatic nitrogens is 2. The highest BCUT2D eigenvalue weighted by Crippen LogP contribution is 2.36. The molecule has 0 unspecified atom stereocenters. The summed E-state index contributed by atoms with van der Waals surface area (Å²) in [5.74, 6) is -0.611. The molecule has 1 heterocycles. The Balaban J connectivity index is 1.98. The minimum Gasteiger partial charge on any atom is -0.494 e. The number of amidine groups is 1. The monoisotopic (exact) mass is 409 g/mol. The zero-order valence-corrected chi connectivity index (χ0v) is 16.7. The standard InChI is InChI=1S/C20H23N7O3/c1-23-20(29)17(22)15(8-16(21)27-19(28)11-6-7-11)26-14-5-3-4-13(18(14)30-2)12-9-24-25-10-12/h3-5,8-11,22,26H,6-7H2,1-2H3,(H,23,29)(H,24,25)(H2,21,27,28)/b15-8+,22-17?. The van der Waals surface area contributed by atoms with Crippen molar-refractivity contribution in [2.24, 2.45) is 16.6 Å². The van der Waals surface area contributed by atoms with Crippen molar-refractivity contribution in [1.29, 1.82) is 5.41 Å². The summed E-state index contributed by atoms with van der Waals surface area (Å²) in [4.78, 5) is 27.8. The van der Waals surface area contributed by atoms with E-state index in [0.29, 0.717) is 11.4 Å². The second-order valence-electron chi connectivity index (χ2n) is 6.66. The van der Waals surface area contributed by atoms with Crippen LogP contribution in [0, 0.1) is 11.3 Å². The Kier molecular flexibility index (Phi) is 6.26. The van der Waals surface area contributed by atoms with E-state index in [9.17, 15) is 9.59 Å². The highest BCUT2D eigenvalue weighted by molar-refractivity contribution is 6.45. The predicted octanol–water partition coefficient (Wildman–Crippen LogP) is 1.44. The summed E-state index contributed by atoms with van der Waals surface area (Å²) in [6.07, 6.45) is 6.27. The van der Waals surface area contributed by atoms with Gasteiger partial charge in [-0.05, 0) is 18.9 Å². The molecular formula is C20H23N7O3. The van der Waals surface area contributed by atoms with Gasteiger partial charge in [-0.3, -0.25) is 20.1 Å². The lowest BCUT2D eigenvalue weighted by Crippen LogP contribution is -2.31. The number of methoxy groups -OCH3 is 1. The van der Waals surface area contributed by atoms with Crippen LogP contribution in [-0.2, 0) is 9.59 Å². The van der Waals surface area contributed by atoms with E-state index < -0.39 is 5.91 Å². The van der Waals surface area contributed by atoms with Crippen LogP contribution >= 0.6 is 0 Å². The minimum absolute atomic E-state index is 0.0711. The molecule has 3 rings (SSSR count). The Morgan fingerprint density at radius 1 is 1.40 bits per heavy atom. The number of carbonyl (C=O) groups is 2. The largest absolute Gasteiger partial charge is 0.494 e. The van der Waals surface area contributed by atoms with Crippen LogP contribution in [0.3, 0.4) is 0 Å². The van der Waals surface area contributed by atoms with Gasteiger partial charge in [0, 0.05) is 36.4 Å². The fraction of sp³-hybridized carbons (Fsp3) is 0.250. The maximum atomic E-state index is 12.1. The van der Waals surface area contributed by atoms with Crippen molar-refractivity contribution in [3.63, 3.8) is 0 Å². The average molecular weight is 409 g/mol. The first kappa shape index (κ1) is 20.8. The van der Waals surface area contributed by atoms with E-state index in [1.807, 2.05) is 6.07 Å². The smallest absolute Gasteiger partial charge is 0.271 e. The zero-order valence-electron chi connectivity index (χ0n) is 16.7. The van der Waals surface area contributed by atoms with Gasteiger partial charge in [-0.15, -0.1) is 0 Å². The summed E-state index contributed by atoms with van der Waals surface area (Å²) in [5, 5.41) is 20.3. The number of nitrogens with one attached hydrogen (secondary N) is 4. The molecule has 2 amide bonds. The maximum Gasteiger partial charge on any atom is 0.271 e. The van der Waals surface area contributed by atoms with Crippen molar-refractivity contribution in [1.82, 2.24) is 15.5 Å². The normalized spacial score (nSPS) is 14.2. The molecule has 1 aliphatic rings. The van der Waals surface area contributed by atoms with Crippen molar-refractivity contribution in [2.45, 2.75) is 12.8 Å². The molecule has 1 aliphatic carbocycles. The lowest BCUT2D eigenvalue weighted by molar-refractivity contribution is -0.119. The number of benzene rings is 1. The summed E-state index contributed by atoms with van der Waals surface area (Å²) in [6.45, 7) is 0. The van der Waals surface area contributed by atoms with Gasteiger partial charge in [0.2, 0.25) is 0 Å². The lowest BCUT2D eigenvalue weighted by atomic mass is 10.1. The topological polar surface area (TPSA) is 158 Å². The minimum atomic E-state index is -0.625. The molecule has 1 fully saturated rings. The quantitative estimate of drug-likeness (QED) is 0.328. The van der Waals surface area contributed by atoms with Gasteiger partial charge in [-0.1, -0.05) is 12.1 Å². The van der Waals surface area contributed by atoms with Gasteiger partial charge in [0.1, 0.15) is 17.3 Å². The third kappa shape index (κ3) is 4.72. The lowest BCUT2D eigenvalue weighted by Gasteiger charge is -2.17. The molecule has 10 nitrogen and oxygen atoms in total. The van der Waals surface area contributed by atoms with E-state index in [1.165, 1.54) is 20.2 Å². The Hall–Kier alpha value is -3.95. The predicted molar refractivity (Wildman–Crippen MR) is 113 cm³/mol. The first-order chi connectivity index (χ1) is 14.4. The fourth-order valence-corrected chi connectivity index (χ4v) is 2.77. The number of amides is 2. The van der Waals surface area contributed by atoms with Gasteiger partial charge >= 0.3 is 0 Å². The van der Waals surface area contributed by atoms with Crippen LogP contribution in [0.4, 0.5) is 5.69 Å². The third-order valence-electron chi connectivity index (χ3n) is 4.48. The number of nitrogens with zero attached hydrogens (tertiary/aromatic N) is 2. The Morgan fingerprint density at radius 2 is 2.17 bits per heavy atom. The molecule has 1 aromatic carbocycles. The summed E-state index contributed by atoms with van der Waals surface area (Å²) >= 11 is 0. The highest BCUT2D eigenvalue weighted by Gasteiger charge is 2.29. The maximum absolute atomic E-state index is 12.1. The summed E-state index contributed by atoms with van der Waals surface area (Å²) in [7, 11) is 2.93. The Bertz CT molecular complexity index is 1020. The number of rotatable bonds is 8. The van der Waals surface area contributed by atoms with Crippen LogP contribution in [0.15, 0.2) is 47.4 Å². The molecule has 0 aliphatic heterocycles. The number of H-pyrrole nitrogens is 1. The van der Waals surface area contributed by atoms with Gasteiger partial charge < -0.3 is 21.1 Å². The third-order valence-corrected chi connectivity index (χ3v) is 4.48. The first-order valence-corrected chi connectivity index (χ1v) is 9.28. The zero-order chi connectivity index (χ0) is 21.7. The molecule has 30 heavy (non-hydrogen) atoms. The van der Waals surface area contributed by atoms with E-state index in [4.69, 9.17) is 15.9 Å². The van der Waals surface area contributed by atoms with Crippen molar-refractivity contribution in [3.8, 4) is 16.9 Å². The van der Waals surface area contributed by atoms with Crippen LogP contribution in [0.2, 0.25) is 0 Å². The molecule has 0 spiro atoms. The SMILES string of the molecule is CNC(=O)C(=N)/C(=C\C(N)=NC(=O)C1CC1)Nc1cccc(-c2cn[nH]c2)c1OC. The number of carbonyl (C=O) groups excluding carboxylic acids is 2. The molecule has 0 radical (unpaired) electrons. The van der Waals surface area contributed by atoms with Crippen LogP contribution in [0.5, 0.6) is 5.75 Å². The van der Waals surface area contributed by atoms with Crippen LogP contribution in [-0.4, -0.2) is 47.7 Å². The van der Waals surface area contributed by atoms with Gasteiger partial charge in [0.05, 0.1) is 24.7 Å². The van der Waals surface area contributed by atoms with Crippen LogP contribution < -0.4 is 21.1 Å². The average Bonchev–Trinajstić information content (AvgIpc) is 3.46. The van der Waals surface area contributed by atoms with Gasteiger partial charge in [0.25, 0.3) is 11.8 Å². The molecular weight excluding hydrogens is 386 g/mol. The van der Waals surface area contributed by atoms with Crippen LogP contribution in [0.1, 0.15) is 12.8 Å². The van der Waals surface area contributed by atoms with E-state index in [1.54, 1.807) is 24.5 Å². The summed E-state index contributed by atoms with van der Waals surface area (Å²) in [5.41, 5.74) is 7.65.